The second kappa shape index (κ2) is 10.1. The predicted octanol–water partition coefficient (Wildman–Crippen LogP) is 2.27. The maximum atomic E-state index is 12.9. The SMILES string of the molecule is CN1CCN(CCOc2nc3ccccc3n2C(=O)NCC#Cc2ccccc2)CC1. The number of ether oxygens (including phenoxy) is 1. The van der Waals surface area contributed by atoms with Gasteiger partial charge in [0.2, 0.25) is 0 Å². The molecule has 160 valence electrons. The Morgan fingerprint density at radius 3 is 2.61 bits per heavy atom. The zero-order chi connectivity index (χ0) is 21.5. The summed E-state index contributed by atoms with van der Waals surface area (Å²) in [5.74, 6) is 6.03. The number of hydrogen-bond acceptors (Lipinski definition) is 5. The number of carbonyl (C=O) groups is 1. The summed E-state index contributed by atoms with van der Waals surface area (Å²) >= 11 is 0. The number of nitrogens with one attached hydrogen (secondary N) is 1. The lowest BCUT2D eigenvalue weighted by Crippen LogP contribution is -2.45. The molecule has 0 radical (unpaired) electrons. The van der Waals surface area contributed by atoms with Gasteiger partial charge in [-0.15, -0.1) is 0 Å². The van der Waals surface area contributed by atoms with Crippen molar-refractivity contribution in [2.24, 2.45) is 0 Å². The molecular formula is C24H27N5O2. The van der Waals surface area contributed by atoms with Crippen molar-refractivity contribution < 1.29 is 9.53 Å². The van der Waals surface area contributed by atoms with E-state index in [9.17, 15) is 4.79 Å². The van der Waals surface area contributed by atoms with E-state index < -0.39 is 0 Å². The molecule has 0 aliphatic carbocycles. The van der Waals surface area contributed by atoms with Crippen molar-refractivity contribution >= 4 is 17.1 Å². The Morgan fingerprint density at radius 1 is 1.06 bits per heavy atom. The lowest BCUT2D eigenvalue weighted by molar-refractivity contribution is 0.130. The van der Waals surface area contributed by atoms with Crippen molar-refractivity contribution in [3.63, 3.8) is 0 Å². The second-order valence-electron chi connectivity index (χ2n) is 7.54. The molecule has 7 heteroatoms. The molecule has 0 bridgehead atoms. The minimum absolute atomic E-state index is 0.237. The van der Waals surface area contributed by atoms with Gasteiger partial charge in [0.05, 0.1) is 17.6 Å². The van der Waals surface area contributed by atoms with E-state index in [2.05, 4.69) is 39.0 Å². The van der Waals surface area contributed by atoms with Crippen LogP contribution in [0, 0.1) is 11.8 Å². The van der Waals surface area contributed by atoms with Crippen LogP contribution in [-0.2, 0) is 0 Å². The molecule has 0 saturated carbocycles. The monoisotopic (exact) mass is 417 g/mol. The number of rotatable bonds is 5. The number of para-hydroxylation sites is 2. The molecule has 1 fully saturated rings. The van der Waals surface area contributed by atoms with Crippen LogP contribution in [0.3, 0.4) is 0 Å². The van der Waals surface area contributed by atoms with Gasteiger partial charge in [0.25, 0.3) is 0 Å². The lowest BCUT2D eigenvalue weighted by Gasteiger charge is -2.32. The smallest absolute Gasteiger partial charge is 0.330 e. The quantitative estimate of drug-likeness (QED) is 0.646. The molecule has 3 aromatic rings. The summed E-state index contributed by atoms with van der Waals surface area (Å²) in [7, 11) is 2.14. The van der Waals surface area contributed by atoms with E-state index >= 15 is 0 Å². The molecule has 0 unspecified atom stereocenters. The Balaban J connectivity index is 1.41. The number of likely N-dealkylation sites (N-methyl/N-ethyl adjacent to an activating group) is 1. The van der Waals surface area contributed by atoms with Gasteiger partial charge in [0, 0.05) is 38.3 Å². The van der Waals surface area contributed by atoms with Gasteiger partial charge in [-0.2, -0.15) is 4.98 Å². The summed E-state index contributed by atoms with van der Waals surface area (Å²) in [6.45, 7) is 5.69. The fourth-order valence-electron chi connectivity index (χ4n) is 3.50. The van der Waals surface area contributed by atoms with E-state index in [0.717, 1.165) is 43.8 Å². The highest BCUT2D eigenvalue weighted by Crippen LogP contribution is 2.21. The molecule has 0 atom stereocenters. The van der Waals surface area contributed by atoms with Crippen LogP contribution in [0.2, 0.25) is 0 Å². The minimum atomic E-state index is -0.300. The largest absolute Gasteiger partial charge is 0.463 e. The molecule has 7 nitrogen and oxygen atoms in total. The van der Waals surface area contributed by atoms with Crippen LogP contribution in [-0.4, -0.2) is 78.3 Å². The van der Waals surface area contributed by atoms with Crippen LogP contribution >= 0.6 is 0 Å². The van der Waals surface area contributed by atoms with Crippen molar-refractivity contribution in [3.8, 4) is 17.9 Å². The van der Waals surface area contributed by atoms with Gasteiger partial charge in [0.15, 0.2) is 0 Å². The van der Waals surface area contributed by atoms with Crippen molar-refractivity contribution in [1.82, 2.24) is 24.7 Å². The molecule has 2 aromatic carbocycles. The number of carbonyl (C=O) groups excluding carboxylic acids is 1. The fraction of sp³-hybridized carbons (Fsp3) is 0.333. The summed E-state index contributed by atoms with van der Waals surface area (Å²) in [6.07, 6.45) is 0. The Kier molecular flexibility index (Phi) is 6.82. The summed E-state index contributed by atoms with van der Waals surface area (Å²) < 4.78 is 7.44. The maximum absolute atomic E-state index is 12.9. The van der Waals surface area contributed by atoms with E-state index in [1.165, 1.54) is 4.57 Å². The highest BCUT2D eigenvalue weighted by molar-refractivity contribution is 5.91. The van der Waals surface area contributed by atoms with Crippen molar-refractivity contribution in [2.45, 2.75) is 0 Å². The van der Waals surface area contributed by atoms with Crippen molar-refractivity contribution in [3.05, 3.63) is 60.2 Å². The molecular weight excluding hydrogens is 390 g/mol. The summed E-state index contributed by atoms with van der Waals surface area (Å²) in [5, 5.41) is 2.85. The highest BCUT2D eigenvalue weighted by Gasteiger charge is 2.18. The molecule has 1 aliphatic heterocycles. The van der Waals surface area contributed by atoms with Crippen molar-refractivity contribution in [2.75, 3.05) is 52.9 Å². The molecule has 1 N–H and O–H groups in total. The number of aromatic nitrogens is 2. The van der Waals surface area contributed by atoms with Crippen LogP contribution in [0.15, 0.2) is 54.6 Å². The lowest BCUT2D eigenvalue weighted by atomic mass is 10.2. The molecule has 1 aliphatic rings. The number of amides is 1. The number of benzene rings is 2. The highest BCUT2D eigenvalue weighted by atomic mass is 16.5. The normalized spacial score (nSPS) is 14.7. The summed E-state index contributed by atoms with van der Waals surface area (Å²) in [5.41, 5.74) is 2.35. The Labute approximate surface area is 182 Å². The van der Waals surface area contributed by atoms with Crippen LogP contribution in [0.1, 0.15) is 5.56 Å². The van der Waals surface area contributed by atoms with Gasteiger partial charge in [-0.05, 0) is 31.3 Å². The Morgan fingerprint density at radius 2 is 1.81 bits per heavy atom. The number of fused-ring (bicyclic) bond motifs is 1. The van der Waals surface area contributed by atoms with Crippen LogP contribution in [0.5, 0.6) is 6.01 Å². The third-order valence-corrected chi connectivity index (χ3v) is 5.30. The molecule has 2 heterocycles. The fourth-order valence-corrected chi connectivity index (χ4v) is 3.50. The first-order chi connectivity index (χ1) is 15.2. The first kappa shape index (κ1) is 20.9. The van der Waals surface area contributed by atoms with Gasteiger partial charge in [-0.25, -0.2) is 9.36 Å². The van der Waals surface area contributed by atoms with E-state index in [1.54, 1.807) is 0 Å². The number of imidazole rings is 1. The summed E-state index contributed by atoms with van der Waals surface area (Å²) in [6, 6.07) is 17.2. The van der Waals surface area contributed by atoms with Gasteiger partial charge < -0.3 is 15.0 Å². The van der Waals surface area contributed by atoms with E-state index in [4.69, 9.17) is 4.74 Å². The summed E-state index contributed by atoms with van der Waals surface area (Å²) in [4.78, 5) is 22.1. The standard InChI is InChI=1S/C24H27N5O2/c1-27-14-16-28(17-15-27)18-19-31-24-26-21-11-5-6-12-22(21)29(24)23(30)25-13-7-10-20-8-3-2-4-9-20/h2-6,8-9,11-12H,13-19H2,1H3,(H,25,30). The Bertz CT molecular complexity index is 1080. The molecule has 1 amide bonds. The van der Waals surface area contributed by atoms with E-state index in [0.29, 0.717) is 18.1 Å². The first-order valence-electron chi connectivity index (χ1n) is 10.5. The molecule has 1 aromatic heterocycles. The van der Waals surface area contributed by atoms with E-state index in [1.807, 2.05) is 54.6 Å². The van der Waals surface area contributed by atoms with Gasteiger partial charge in [-0.3, -0.25) is 4.90 Å². The molecule has 31 heavy (non-hydrogen) atoms. The van der Waals surface area contributed by atoms with Gasteiger partial charge in [0.1, 0.15) is 6.61 Å². The number of piperazine rings is 1. The minimum Gasteiger partial charge on any atom is -0.463 e. The molecule has 1 saturated heterocycles. The number of hydrogen-bond donors (Lipinski definition) is 1. The zero-order valence-corrected chi connectivity index (χ0v) is 17.8. The van der Waals surface area contributed by atoms with Gasteiger partial charge in [-0.1, -0.05) is 42.2 Å². The van der Waals surface area contributed by atoms with Crippen LogP contribution in [0.25, 0.3) is 11.0 Å². The molecule has 4 rings (SSSR count). The van der Waals surface area contributed by atoms with Crippen LogP contribution < -0.4 is 10.1 Å². The topological polar surface area (TPSA) is 62.6 Å². The third-order valence-electron chi connectivity index (χ3n) is 5.30. The van der Waals surface area contributed by atoms with Gasteiger partial charge >= 0.3 is 12.0 Å². The molecule has 0 spiro atoms. The van der Waals surface area contributed by atoms with Crippen molar-refractivity contribution in [1.29, 1.82) is 0 Å². The Hall–Kier alpha value is -3.34. The zero-order valence-electron chi connectivity index (χ0n) is 17.8. The average Bonchev–Trinajstić information content (AvgIpc) is 3.17. The van der Waals surface area contributed by atoms with Crippen LogP contribution in [0.4, 0.5) is 4.79 Å². The first-order valence-corrected chi connectivity index (χ1v) is 10.5. The second-order valence-corrected chi connectivity index (χ2v) is 7.54. The average molecular weight is 418 g/mol. The third kappa shape index (κ3) is 5.43. The maximum Gasteiger partial charge on any atom is 0.330 e. The predicted molar refractivity (Wildman–Crippen MR) is 121 cm³/mol. The van der Waals surface area contributed by atoms with E-state index in [-0.39, 0.29) is 12.6 Å². The number of nitrogens with zero attached hydrogens (tertiary/aromatic N) is 4.